The van der Waals surface area contributed by atoms with E-state index in [0.717, 1.165) is 5.56 Å². The summed E-state index contributed by atoms with van der Waals surface area (Å²) in [5.41, 5.74) is 2.61. The number of hydrogen-bond donors (Lipinski definition) is 2. The lowest BCUT2D eigenvalue weighted by atomic mass is 10.2. The lowest BCUT2D eigenvalue weighted by molar-refractivity contribution is 0.102. The molecule has 0 fully saturated rings. The summed E-state index contributed by atoms with van der Waals surface area (Å²) in [7, 11) is 3.06. The maximum Gasteiger partial charge on any atom is 0.276 e. The monoisotopic (exact) mass is 398 g/mol. The number of halogens is 1. The van der Waals surface area contributed by atoms with Crippen molar-refractivity contribution < 1.29 is 14.3 Å². The molecular weight excluding hydrogens is 380 g/mol. The van der Waals surface area contributed by atoms with Crippen LogP contribution in [0, 0.1) is 6.92 Å². The van der Waals surface area contributed by atoms with Crippen LogP contribution in [-0.4, -0.2) is 30.3 Å². The van der Waals surface area contributed by atoms with Gasteiger partial charge in [0.1, 0.15) is 11.5 Å². The van der Waals surface area contributed by atoms with Gasteiger partial charge in [0.05, 0.1) is 24.9 Å². The quantitative estimate of drug-likeness (QED) is 0.638. The number of benzene rings is 2. The van der Waals surface area contributed by atoms with Crippen molar-refractivity contribution in [3.8, 4) is 11.5 Å². The number of anilines is 3. The topological polar surface area (TPSA) is 85.4 Å². The number of methoxy groups -OCH3 is 2. The molecule has 0 saturated heterocycles. The molecule has 0 unspecified atom stereocenters. The second-order valence-electron chi connectivity index (χ2n) is 5.94. The molecule has 7 nitrogen and oxygen atoms in total. The normalized spacial score (nSPS) is 10.3. The van der Waals surface area contributed by atoms with Gasteiger partial charge >= 0.3 is 0 Å². The van der Waals surface area contributed by atoms with E-state index in [2.05, 4.69) is 20.8 Å². The van der Waals surface area contributed by atoms with Gasteiger partial charge in [-0.3, -0.25) is 4.79 Å². The Labute approximate surface area is 167 Å². The van der Waals surface area contributed by atoms with Gasteiger partial charge in [-0.15, -0.1) is 10.2 Å². The van der Waals surface area contributed by atoms with E-state index in [1.165, 1.54) is 14.2 Å². The molecule has 3 aromatic rings. The maximum absolute atomic E-state index is 12.3. The minimum absolute atomic E-state index is 0.201. The first-order valence-electron chi connectivity index (χ1n) is 8.40. The van der Waals surface area contributed by atoms with Gasteiger partial charge in [-0.25, -0.2) is 0 Å². The Bertz CT molecular complexity index is 976. The summed E-state index contributed by atoms with van der Waals surface area (Å²) in [6.45, 7) is 1.98. The molecule has 0 aliphatic rings. The first-order valence-corrected chi connectivity index (χ1v) is 8.78. The highest BCUT2D eigenvalue weighted by Gasteiger charge is 2.12. The fraction of sp³-hybridized carbons (Fsp3) is 0.150. The third-order valence-electron chi connectivity index (χ3n) is 3.94. The highest BCUT2D eigenvalue weighted by atomic mass is 35.5. The molecule has 0 aliphatic carbocycles. The van der Waals surface area contributed by atoms with Crippen molar-refractivity contribution in [2.45, 2.75) is 6.92 Å². The zero-order chi connectivity index (χ0) is 20.1. The summed E-state index contributed by atoms with van der Waals surface area (Å²) in [6, 6.07) is 14.1. The molecule has 0 bridgehead atoms. The van der Waals surface area contributed by atoms with Gasteiger partial charge in [-0.05, 0) is 31.2 Å². The molecule has 0 aliphatic heterocycles. The Hall–Kier alpha value is -3.32. The van der Waals surface area contributed by atoms with E-state index in [4.69, 9.17) is 21.1 Å². The number of aromatic nitrogens is 2. The van der Waals surface area contributed by atoms with Crippen LogP contribution in [0.1, 0.15) is 16.1 Å². The third kappa shape index (κ3) is 4.50. The number of ether oxygens (including phenoxy) is 2. The van der Waals surface area contributed by atoms with Crippen LogP contribution in [0.15, 0.2) is 48.5 Å². The molecule has 1 amide bonds. The van der Waals surface area contributed by atoms with E-state index in [1.807, 2.05) is 31.2 Å². The summed E-state index contributed by atoms with van der Waals surface area (Å²) in [6.07, 6.45) is 0. The van der Waals surface area contributed by atoms with Crippen LogP contribution in [0.5, 0.6) is 11.5 Å². The number of nitrogens with one attached hydrogen (secondary N) is 2. The SMILES string of the molecule is COc1cc(Nc2ccc(C(=O)Nc3ccc(C)cc3)nn2)c(OC)cc1Cl. The first kappa shape index (κ1) is 19.4. The van der Waals surface area contributed by atoms with Crippen LogP contribution in [0.2, 0.25) is 5.02 Å². The Kier molecular flexibility index (Phi) is 5.96. The predicted molar refractivity (Wildman–Crippen MR) is 109 cm³/mol. The summed E-state index contributed by atoms with van der Waals surface area (Å²) in [5, 5.41) is 14.3. The van der Waals surface area contributed by atoms with E-state index < -0.39 is 0 Å². The molecule has 3 rings (SSSR count). The van der Waals surface area contributed by atoms with Gasteiger partial charge in [0.25, 0.3) is 5.91 Å². The molecule has 8 heteroatoms. The second kappa shape index (κ2) is 8.58. The highest BCUT2D eigenvalue weighted by Crippen LogP contribution is 2.36. The molecule has 2 aromatic carbocycles. The zero-order valence-electron chi connectivity index (χ0n) is 15.6. The largest absolute Gasteiger partial charge is 0.495 e. The maximum atomic E-state index is 12.3. The van der Waals surface area contributed by atoms with E-state index >= 15 is 0 Å². The molecule has 0 saturated carbocycles. The third-order valence-corrected chi connectivity index (χ3v) is 4.24. The van der Waals surface area contributed by atoms with Gasteiger partial charge < -0.3 is 20.1 Å². The Balaban J connectivity index is 1.74. The number of carbonyl (C=O) groups excluding carboxylic acids is 1. The Morgan fingerprint density at radius 3 is 2.29 bits per heavy atom. The van der Waals surface area contributed by atoms with Crippen LogP contribution in [-0.2, 0) is 0 Å². The lowest BCUT2D eigenvalue weighted by Gasteiger charge is -2.13. The number of carbonyl (C=O) groups is 1. The van der Waals surface area contributed by atoms with Crippen LogP contribution in [0.25, 0.3) is 0 Å². The van der Waals surface area contributed by atoms with Gasteiger partial charge in [-0.1, -0.05) is 29.3 Å². The zero-order valence-corrected chi connectivity index (χ0v) is 16.4. The van der Waals surface area contributed by atoms with Crippen molar-refractivity contribution >= 4 is 34.7 Å². The van der Waals surface area contributed by atoms with Crippen molar-refractivity contribution in [3.63, 3.8) is 0 Å². The standard InChI is InChI=1S/C20H19ClN4O3/c1-12-4-6-13(7-5-12)22-20(26)15-8-9-19(25-24-15)23-16-11-17(27-2)14(21)10-18(16)28-3/h4-11H,1-3H3,(H,22,26)(H,23,25). The summed E-state index contributed by atoms with van der Waals surface area (Å²) >= 11 is 6.11. The smallest absolute Gasteiger partial charge is 0.276 e. The number of hydrogen-bond acceptors (Lipinski definition) is 6. The summed E-state index contributed by atoms with van der Waals surface area (Å²) in [4.78, 5) is 12.3. The molecule has 0 radical (unpaired) electrons. The predicted octanol–water partition coefficient (Wildman–Crippen LogP) is 4.45. The van der Waals surface area contributed by atoms with E-state index in [9.17, 15) is 4.79 Å². The van der Waals surface area contributed by atoms with Crippen LogP contribution < -0.4 is 20.1 Å². The highest BCUT2D eigenvalue weighted by molar-refractivity contribution is 6.32. The number of nitrogens with zero attached hydrogens (tertiary/aromatic N) is 2. The van der Waals surface area contributed by atoms with Crippen LogP contribution in [0.3, 0.4) is 0 Å². The number of aryl methyl sites for hydroxylation is 1. The lowest BCUT2D eigenvalue weighted by Crippen LogP contribution is -2.14. The summed E-state index contributed by atoms with van der Waals surface area (Å²) < 4.78 is 10.5. The number of rotatable bonds is 6. The Morgan fingerprint density at radius 1 is 0.964 bits per heavy atom. The van der Waals surface area contributed by atoms with Crippen molar-refractivity contribution in [1.29, 1.82) is 0 Å². The summed E-state index contributed by atoms with van der Waals surface area (Å²) in [5.74, 6) is 1.11. The molecule has 0 spiro atoms. The average Bonchev–Trinajstić information content (AvgIpc) is 2.71. The van der Waals surface area contributed by atoms with E-state index in [1.54, 1.807) is 24.3 Å². The van der Waals surface area contributed by atoms with Crippen molar-refractivity contribution in [2.75, 3.05) is 24.9 Å². The molecule has 1 aromatic heterocycles. The van der Waals surface area contributed by atoms with Crippen LogP contribution in [0.4, 0.5) is 17.2 Å². The van der Waals surface area contributed by atoms with Gasteiger partial charge in [0, 0.05) is 17.8 Å². The molecule has 1 heterocycles. The fourth-order valence-electron chi connectivity index (χ4n) is 2.45. The fourth-order valence-corrected chi connectivity index (χ4v) is 2.68. The average molecular weight is 399 g/mol. The minimum atomic E-state index is -0.339. The van der Waals surface area contributed by atoms with E-state index in [0.29, 0.717) is 33.7 Å². The molecule has 144 valence electrons. The minimum Gasteiger partial charge on any atom is -0.495 e. The van der Waals surface area contributed by atoms with Gasteiger partial charge in [0.15, 0.2) is 11.5 Å². The van der Waals surface area contributed by atoms with Crippen molar-refractivity contribution in [3.05, 3.63) is 64.8 Å². The molecule has 0 atom stereocenters. The Morgan fingerprint density at radius 2 is 1.68 bits per heavy atom. The van der Waals surface area contributed by atoms with Gasteiger partial charge in [0.2, 0.25) is 0 Å². The first-order chi connectivity index (χ1) is 13.5. The van der Waals surface area contributed by atoms with Gasteiger partial charge in [-0.2, -0.15) is 0 Å². The molecule has 28 heavy (non-hydrogen) atoms. The second-order valence-corrected chi connectivity index (χ2v) is 6.34. The van der Waals surface area contributed by atoms with Crippen molar-refractivity contribution in [2.24, 2.45) is 0 Å². The number of amides is 1. The molecule has 2 N–H and O–H groups in total. The van der Waals surface area contributed by atoms with E-state index in [-0.39, 0.29) is 11.6 Å². The molecular formula is C20H19ClN4O3. The van der Waals surface area contributed by atoms with Crippen LogP contribution >= 0.6 is 11.6 Å². The van der Waals surface area contributed by atoms with Crippen molar-refractivity contribution in [1.82, 2.24) is 10.2 Å².